The topological polar surface area (TPSA) is 76.1 Å². The number of carbonyl (C=O) groups is 1. The minimum atomic E-state index is 0.0522. The van der Waals surface area contributed by atoms with Crippen LogP contribution in [-0.2, 0) is 4.79 Å². The van der Waals surface area contributed by atoms with Gasteiger partial charge in [0.15, 0.2) is 11.6 Å². The van der Waals surface area contributed by atoms with Crippen molar-refractivity contribution in [3.8, 4) is 5.75 Å². The second kappa shape index (κ2) is 8.46. The molecule has 0 saturated heterocycles. The first-order chi connectivity index (χ1) is 12.3. The molecule has 3 rings (SSSR count). The number of benzene rings is 1. The van der Waals surface area contributed by atoms with Crippen LogP contribution in [0.2, 0.25) is 0 Å². The van der Waals surface area contributed by atoms with E-state index < -0.39 is 0 Å². The average Bonchev–Trinajstić information content (AvgIpc) is 2.66. The summed E-state index contributed by atoms with van der Waals surface area (Å²) in [5.41, 5.74) is 0.831. The van der Waals surface area contributed by atoms with Gasteiger partial charge in [0.2, 0.25) is 5.91 Å². The van der Waals surface area contributed by atoms with Crippen molar-refractivity contribution < 1.29 is 9.53 Å². The number of anilines is 3. The molecule has 0 radical (unpaired) electrons. The van der Waals surface area contributed by atoms with Crippen LogP contribution >= 0.6 is 0 Å². The Morgan fingerprint density at radius 1 is 1.08 bits per heavy atom. The Hall–Kier alpha value is -2.63. The van der Waals surface area contributed by atoms with Crippen LogP contribution in [0.4, 0.5) is 17.3 Å². The Bertz CT molecular complexity index is 697. The highest BCUT2D eigenvalue weighted by atomic mass is 16.5. The number of nitrogens with one attached hydrogen (secondary N) is 2. The van der Waals surface area contributed by atoms with Gasteiger partial charge in [0.1, 0.15) is 5.75 Å². The molecule has 1 aromatic carbocycles. The lowest BCUT2D eigenvalue weighted by Crippen LogP contribution is -2.25. The van der Waals surface area contributed by atoms with Gasteiger partial charge in [-0.15, -0.1) is 10.2 Å². The summed E-state index contributed by atoms with van der Waals surface area (Å²) in [6.07, 6.45) is 5.42. The second-order valence-electron chi connectivity index (χ2n) is 6.18. The molecule has 2 aromatic rings. The second-order valence-corrected chi connectivity index (χ2v) is 6.18. The zero-order valence-electron chi connectivity index (χ0n) is 14.5. The quantitative estimate of drug-likeness (QED) is 0.826. The fraction of sp³-hybridized carbons (Fsp3) is 0.421. The van der Waals surface area contributed by atoms with E-state index in [2.05, 4.69) is 20.8 Å². The SMILES string of the molecule is CCOc1ccccc1Nc1ccc(NC(=O)C2CCCCC2)nn1. The highest BCUT2D eigenvalue weighted by molar-refractivity contribution is 5.91. The molecule has 1 amide bonds. The highest BCUT2D eigenvalue weighted by Crippen LogP contribution is 2.27. The van der Waals surface area contributed by atoms with Crippen LogP contribution in [0, 0.1) is 5.92 Å². The number of rotatable bonds is 6. The molecule has 0 aliphatic heterocycles. The van der Waals surface area contributed by atoms with E-state index in [1.165, 1.54) is 6.42 Å². The number of para-hydroxylation sites is 2. The molecule has 0 unspecified atom stereocenters. The van der Waals surface area contributed by atoms with Crippen LogP contribution in [0.25, 0.3) is 0 Å². The summed E-state index contributed by atoms with van der Waals surface area (Å²) in [6.45, 7) is 2.54. The van der Waals surface area contributed by atoms with Gasteiger partial charge >= 0.3 is 0 Å². The summed E-state index contributed by atoms with van der Waals surface area (Å²) in [4.78, 5) is 12.2. The summed E-state index contributed by atoms with van der Waals surface area (Å²) in [5.74, 6) is 2.01. The minimum Gasteiger partial charge on any atom is -0.492 e. The van der Waals surface area contributed by atoms with Crippen molar-refractivity contribution >= 4 is 23.2 Å². The first-order valence-electron chi connectivity index (χ1n) is 8.89. The van der Waals surface area contributed by atoms with Gasteiger partial charge < -0.3 is 15.4 Å². The van der Waals surface area contributed by atoms with E-state index in [1.54, 1.807) is 12.1 Å². The van der Waals surface area contributed by atoms with Crippen molar-refractivity contribution in [2.24, 2.45) is 5.92 Å². The minimum absolute atomic E-state index is 0.0522. The molecule has 1 aliphatic rings. The number of aromatic nitrogens is 2. The normalized spacial score (nSPS) is 14.8. The summed E-state index contributed by atoms with van der Waals surface area (Å²) in [5, 5.41) is 14.3. The van der Waals surface area contributed by atoms with E-state index in [0.29, 0.717) is 18.2 Å². The van der Waals surface area contributed by atoms with Crippen molar-refractivity contribution in [3.63, 3.8) is 0 Å². The third-order valence-corrected chi connectivity index (χ3v) is 4.34. The molecule has 0 spiro atoms. The molecule has 0 bridgehead atoms. The van der Waals surface area contributed by atoms with Crippen molar-refractivity contribution in [1.29, 1.82) is 0 Å². The summed E-state index contributed by atoms with van der Waals surface area (Å²) in [7, 11) is 0. The van der Waals surface area contributed by atoms with Crippen molar-refractivity contribution in [3.05, 3.63) is 36.4 Å². The molecule has 1 fully saturated rings. The predicted molar refractivity (Wildman–Crippen MR) is 98.1 cm³/mol. The number of hydrogen-bond donors (Lipinski definition) is 2. The molecule has 0 atom stereocenters. The average molecular weight is 340 g/mol. The van der Waals surface area contributed by atoms with E-state index in [-0.39, 0.29) is 11.8 Å². The molecular weight excluding hydrogens is 316 g/mol. The van der Waals surface area contributed by atoms with E-state index in [4.69, 9.17) is 4.74 Å². The van der Waals surface area contributed by atoms with E-state index in [9.17, 15) is 4.79 Å². The molecule has 6 heteroatoms. The number of carbonyl (C=O) groups excluding carboxylic acids is 1. The Labute approximate surface area is 148 Å². The van der Waals surface area contributed by atoms with Gasteiger partial charge in [-0.3, -0.25) is 4.79 Å². The maximum atomic E-state index is 12.2. The lowest BCUT2D eigenvalue weighted by atomic mass is 9.89. The zero-order chi connectivity index (χ0) is 17.5. The first-order valence-corrected chi connectivity index (χ1v) is 8.89. The Morgan fingerprint density at radius 3 is 2.52 bits per heavy atom. The van der Waals surface area contributed by atoms with E-state index in [0.717, 1.165) is 37.1 Å². The Morgan fingerprint density at radius 2 is 1.80 bits per heavy atom. The number of amides is 1. The van der Waals surface area contributed by atoms with Crippen LogP contribution in [-0.4, -0.2) is 22.7 Å². The van der Waals surface area contributed by atoms with E-state index in [1.807, 2.05) is 31.2 Å². The molecule has 6 nitrogen and oxygen atoms in total. The lowest BCUT2D eigenvalue weighted by molar-refractivity contribution is -0.120. The summed E-state index contributed by atoms with van der Waals surface area (Å²) in [6, 6.07) is 11.2. The molecule has 25 heavy (non-hydrogen) atoms. The Kier molecular flexibility index (Phi) is 5.82. The van der Waals surface area contributed by atoms with Crippen LogP contribution in [0.1, 0.15) is 39.0 Å². The summed E-state index contributed by atoms with van der Waals surface area (Å²) < 4.78 is 5.59. The maximum absolute atomic E-state index is 12.2. The standard InChI is InChI=1S/C19H24N4O2/c1-2-25-16-11-7-6-10-15(16)20-17-12-13-18(23-22-17)21-19(24)14-8-4-3-5-9-14/h6-7,10-14H,2-5,8-9H2,1H3,(H,20,22)(H,21,23,24). The van der Waals surface area contributed by atoms with Crippen LogP contribution in [0.15, 0.2) is 36.4 Å². The van der Waals surface area contributed by atoms with Gasteiger partial charge in [-0.05, 0) is 44.0 Å². The monoisotopic (exact) mass is 340 g/mol. The first kappa shape index (κ1) is 17.2. The molecular formula is C19H24N4O2. The third kappa shape index (κ3) is 4.68. The maximum Gasteiger partial charge on any atom is 0.228 e. The van der Waals surface area contributed by atoms with Gasteiger partial charge in [-0.1, -0.05) is 31.4 Å². The van der Waals surface area contributed by atoms with Crippen LogP contribution in [0.3, 0.4) is 0 Å². The largest absolute Gasteiger partial charge is 0.492 e. The van der Waals surface area contributed by atoms with Gasteiger partial charge in [0.25, 0.3) is 0 Å². The Balaban J connectivity index is 1.61. The predicted octanol–water partition coefficient (Wildman–Crippen LogP) is 4.14. The molecule has 1 saturated carbocycles. The zero-order valence-corrected chi connectivity index (χ0v) is 14.5. The number of ether oxygens (including phenoxy) is 1. The van der Waals surface area contributed by atoms with Crippen molar-refractivity contribution in [2.75, 3.05) is 17.2 Å². The molecule has 1 aromatic heterocycles. The van der Waals surface area contributed by atoms with Crippen LogP contribution < -0.4 is 15.4 Å². The number of hydrogen-bond acceptors (Lipinski definition) is 5. The van der Waals surface area contributed by atoms with E-state index >= 15 is 0 Å². The van der Waals surface area contributed by atoms with Crippen molar-refractivity contribution in [2.45, 2.75) is 39.0 Å². The van der Waals surface area contributed by atoms with Gasteiger partial charge in [0.05, 0.1) is 12.3 Å². The third-order valence-electron chi connectivity index (χ3n) is 4.34. The highest BCUT2D eigenvalue weighted by Gasteiger charge is 2.21. The molecule has 1 aliphatic carbocycles. The van der Waals surface area contributed by atoms with Crippen molar-refractivity contribution in [1.82, 2.24) is 10.2 Å². The fourth-order valence-corrected chi connectivity index (χ4v) is 3.05. The molecule has 2 N–H and O–H groups in total. The van der Waals surface area contributed by atoms with Gasteiger partial charge in [-0.25, -0.2) is 0 Å². The smallest absolute Gasteiger partial charge is 0.228 e. The lowest BCUT2D eigenvalue weighted by Gasteiger charge is -2.20. The van der Waals surface area contributed by atoms with Gasteiger partial charge in [-0.2, -0.15) is 0 Å². The fourth-order valence-electron chi connectivity index (χ4n) is 3.05. The molecule has 1 heterocycles. The van der Waals surface area contributed by atoms with Gasteiger partial charge in [0, 0.05) is 5.92 Å². The van der Waals surface area contributed by atoms with Crippen LogP contribution in [0.5, 0.6) is 5.75 Å². The number of nitrogens with zero attached hydrogens (tertiary/aromatic N) is 2. The molecule has 132 valence electrons. The summed E-state index contributed by atoms with van der Waals surface area (Å²) >= 11 is 0.